The van der Waals surface area contributed by atoms with Crippen LogP contribution in [-0.4, -0.2) is 80.9 Å². The van der Waals surface area contributed by atoms with E-state index in [1.807, 2.05) is 38.1 Å². The molecular formula is C27H44N4O5. The largest absolute Gasteiger partial charge is 0.391 e. The van der Waals surface area contributed by atoms with Gasteiger partial charge in [-0.3, -0.25) is 10.6 Å². The highest BCUT2D eigenvalue weighted by atomic mass is 16.5. The van der Waals surface area contributed by atoms with Crippen molar-refractivity contribution in [3.63, 3.8) is 0 Å². The molecule has 2 aliphatic rings. The van der Waals surface area contributed by atoms with Crippen LogP contribution in [0.1, 0.15) is 57.2 Å². The molecule has 202 valence electrons. The van der Waals surface area contributed by atoms with Crippen LogP contribution in [0.15, 0.2) is 24.3 Å². The van der Waals surface area contributed by atoms with Crippen molar-refractivity contribution < 1.29 is 24.2 Å². The molecule has 1 aromatic rings. The number of β-amino-alcohol motifs (C(OH)–C–C–N with tert-alkyl or cyclic N) is 1. The van der Waals surface area contributed by atoms with Crippen molar-refractivity contribution >= 4 is 12.7 Å². The first-order chi connectivity index (χ1) is 17.1. The Morgan fingerprint density at radius 1 is 1.33 bits per heavy atom. The second kappa shape index (κ2) is 15.1. The third kappa shape index (κ3) is 8.37. The number of aliphatic hydroxyl groups excluding tert-OH is 1. The fourth-order valence-corrected chi connectivity index (χ4v) is 4.63. The van der Waals surface area contributed by atoms with E-state index in [0.717, 1.165) is 18.4 Å². The monoisotopic (exact) mass is 504 g/mol. The normalized spacial score (nSPS) is 20.6. The molecule has 0 aromatic heterocycles. The van der Waals surface area contributed by atoms with Gasteiger partial charge in [-0.15, -0.1) is 6.42 Å². The number of terminal acetylenes is 1. The molecule has 2 heterocycles. The first-order valence-electron chi connectivity index (χ1n) is 12.2. The van der Waals surface area contributed by atoms with Crippen LogP contribution in [0.3, 0.4) is 0 Å². The smallest absolute Gasteiger partial charge is 0.241 e. The van der Waals surface area contributed by atoms with Crippen LogP contribution in [0.5, 0.6) is 0 Å². The SMILES string of the molecule is C#Cc1ccc(C(NC)C(C)(C)OC)cc1.C=O.CC1(C(NN)C(=O)N2CCC(O)C2)CCOCC1. The molecule has 0 bridgehead atoms. The second-order valence-electron chi connectivity index (χ2n) is 9.89. The molecule has 3 atom stereocenters. The molecule has 0 aliphatic carbocycles. The number of carbonyl (C=O) groups is 2. The average molecular weight is 505 g/mol. The lowest BCUT2D eigenvalue weighted by molar-refractivity contribution is -0.138. The van der Waals surface area contributed by atoms with Gasteiger partial charge in [-0.25, -0.2) is 5.43 Å². The number of hydrogen-bond donors (Lipinski definition) is 4. The predicted molar refractivity (Wildman–Crippen MR) is 141 cm³/mol. The first kappa shape index (κ1) is 31.7. The van der Waals surface area contributed by atoms with Crippen LogP contribution in [0.2, 0.25) is 0 Å². The zero-order chi connectivity index (χ0) is 27.4. The summed E-state index contributed by atoms with van der Waals surface area (Å²) in [5.41, 5.74) is 4.32. The van der Waals surface area contributed by atoms with Gasteiger partial charge in [0.1, 0.15) is 12.8 Å². The number of rotatable bonds is 7. The third-order valence-electron chi connectivity index (χ3n) is 7.14. The summed E-state index contributed by atoms with van der Waals surface area (Å²) >= 11 is 0. The minimum atomic E-state index is -0.397. The number of nitrogens with two attached hydrogens (primary N) is 1. The predicted octanol–water partition coefficient (Wildman–Crippen LogP) is 1.40. The maximum Gasteiger partial charge on any atom is 0.241 e. The van der Waals surface area contributed by atoms with Crippen LogP contribution in [0, 0.1) is 17.8 Å². The maximum atomic E-state index is 12.5. The highest BCUT2D eigenvalue weighted by Crippen LogP contribution is 2.34. The number of carbonyl (C=O) groups excluding carboxylic acids is 2. The maximum absolute atomic E-state index is 12.5. The molecule has 5 N–H and O–H groups in total. The van der Waals surface area contributed by atoms with Gasteiger partial charge in [-0.2, -0.15) is 0 Å². The summed E-state index contributed by atoms with van der Waals surface area (Å²) in [4.78, 5) is 22.2. The molecule has 3 unspecified atom stereocenters. The van der Waals surface area contributed by atoms with Crippen molar-refractivity contribution in [3.05, 3.63) is 35.4 Å². The number of amides is 1. The number of ether oxygens (including phenoxy) is 2. The Hall–Kier alpha value is -2.32. The van der Waals surface area contributed by atoms with Crippen molar-refractivity contribution in [2.24, 2.45) is 11.3 Å². The molecule has 0 radical (unpaired) electrons. The Labute approximate surface area is 216 Å². The first-order valence-corrected chi connectivity index (χ1v) is 12.2. The fourth-order valence-electron chi connectivity index (χ4n) is 4.63. The Kier molecular flexibility index (Phi) is 13.3. The van der Waals surface area contributed by atoms with Crippen LogP contribution in [0.25, 0.3) is 0 Å². The van der Waals surface area contributed by atoms with Crippen molar-refractivity contribution in [1.82, 2.24) is 15.6 Å². The van der Waals surface area contributed by atoms with E-state index in [4.69, 9.17) is 26.5 Å². The van der Waals surface area contributed by atoms with Gasteiger partial charge in [-0.1, -0.05) is 25.0 Å². The van der Waals surface area contributed by atoms with Crippen molar-refractivity contribution in [2.75, 3.05) is 40.5 Å². The van der Waals surface area contributed by atoms with Gasteiger partial charge in [0.05, 0.1) is 17.7 Å². The Bertz CT molecular complexity index is 834. The summed E-state index contributed by atoms with van der Waals surface area (Å²) in [6.45, 7) is 10.6. The molecule has 0 saturated carbocycles. The van der Waals surface area contributed by atoms with Crippen LogP contribution < -0.4 is 16.6 Å². The molecule has 3 rings (SSSR count). The van der Waals surface area contributed by atoms with E-state index in [-0.39, 0.29) is 23.0 Å². The van der Waals surface area contributed by atoms with E-state index in [1.165, 1.54) is 5.56 Å². The third-order valence-corrected chi connectivity index (χ3v) is 7.14. The van der Waals surface area contributed by atoms with Crippen LogP contribution in [0.4, 0.5) is 0 Å². The Morgan fingerprint density at radius 2 is 1.92 bits per heavy atom. The van der Waals surface area contributed by atoms with Gasteiger partial charge in [0.15, 0.2) is 0 Å². The minimum absolute atomic E-state index is 0.00144. The molecule has 1 aromatic carbocycles. The summed E-state index contributed by atoms with van der Waals surface area (Å²) in [5, 5.41) is 12.8. The Balaban J connectivity index is 0.000000339. The zero-order valence-corrected chi connectivity index (χ0v) is 22.4. The minimum Gasteiger partial charge on any atom is -0.391 e. The number of hydrogen-bond acceptors (Lipinski definition) is 8. The molecular weight excluding hydrogens is 460 g/mol. The number of methoxy groups -OCH3 is 1. The lowest BCUT2D eigenvalue weighted by atomic mass is 9.75. The van der Waals surface area contributed by atoms with Crippen molar-refractivity contribution in [3.8, 4) is 12.3 Å². The number of benzene rings is 1. The van der Waals surface area contributed by atoms with E-state index in [9.17, 15) is 9.90 Å². The summed E-state index contributed by atoms with van der Waals surface area (Å²) in [5.74, 6) is 8.20. The summed E-state index contributed by atoms with van der Waals surface area (Å²) in [6.07, 6.45) is 7.24. The number of hydrazine groups is 1. The number of aliphatic hydroxyl groups is 1. The van der Waals surface area contributed by atoms with E-state index in [1.54, 1.807) is 12.0 Å². The summed E-state index contributed by atoms with van der Waals surface area (Å²) < 4.78 is 10.8. The molecule has 1 amide bonds. The molecule has 2 fully saturated rings. The fraction of sp³-hybridized carbons (Fsp3) is 0.630. The highest BCUT2D eigenvalue weighted by Gasteiger charge is 2.42. The topological polar surface area (TPSA) is 126 Å². The van der Waals surface area contributed by atoms with Crippen LogP contribution in [-0.2, 0) is 19.1 Å². The number of nitrogens with one attached hydrogen (secondary N) is 2. The summed E-state index contributed by atoms with van der Waals surface area (Å²) in [6, 6.07) is 7.72. The van der Waals surface area contributed by atoms with E-state index >= 15 is 0 Å². The highest BCUT2D eigenvalue weighted by molar-refractivity contribution is 5.83. The van der Waals surface area contributed by atoms with Gasteiger partial charge in [0, 0.05) is 39.0 Å². The number of likely N-dealkylation sites (N-methyl/N-ethyl adjacent to an activating group) is 1. The molecule has 9 heteroatoms. The van der Waals surface area contributed by atoms with E-state index < -0.39 is 12.1 Å². The lowest BCUT2D eigenvalue weighted by Gasteiger charge is -2.40. The van der Waals surface area contributed by atoms with Gasteiger partial charge in [0.2, 0.25) is 5.91 Å². The van der Waals surface area contributed by atoms with Crippen molar-refractivity contribution in [1.29, 1.82) is 0 Å². The Morgan fingerprint density at radius 3 is 2.33 bits per heavy atom. The van der Waals surface area contributed by atoms with Gasteiger partial charge >= 0.3 is 0 Å². The molecule has 2 saturated heterocycles. The lowest BCUT2D eigenvalue weighted by Crippen LogP contribution is -2.58. The molecule has 0 spiro atoms. The van der Waals surface area contributed by atoms with Gasteiger partial charge in [0.25, 0.3) is 0 Å². The average Bonchev–Trinajstić information content (AvgIpc) is 3.33. The van der Waals surface area contributed by atoms with E-state index in [2.05, 4.69) is 37.4 Å². The van der Waals surface area contributed by atoms with Crippen molar-refractivity contribution in [2.45, 2.75) is 63.8 Å². The zero-order valence-electron chi connectivity index (χ0n) is 22.4. The quantitative estimate of drug-likeness (QED) is 0.249. The van der Waals surface area contributed by atoms with Gasteiger partial charge < -0.3 is 29.6 Å². The molecule has 9 nitrogen and oxygen atoms in total. The van der Waals surface area contributed by atoms with E-state index in [0.29, 0.717) is 32.7 Å². The molecule has 2 aliphatic heterocycles. The summed E-state index contributed by atoms with van der Waals surface area (Å²) in [7, 11) is 3.65. The molecule has 36 heavy (non-hydrogen) atoms. The number of nitrogens with zero attached hydrogens (tertiary/aromatic N) is 1. The van der Waals surface area contributed by atoms with Crippen LogP contribution >= 0.6 is 0 Å². The second-order valence-corrected chi connectivity index (χ2v) is 9.89. The number of likely N-dealkylation sites (tertiary alicyclic amines) is 1. The van der Waals surface area contributed by atoms with Gasteiger partial charge in [-0.05, 0) is 63.3 Å². The standard InChI is InChI=1S/C14H19NO.C12H23N3O3.CH2O/c1-6-11-7-9-12(10-8-11)13(15-4)14(2,3)16-5;1-12(3-6-18-7-4-12)10(14-13)11(17)15-5-2-9(16)8-15;1-2/h1,7-10,13,15H,2-5H3;9-10,14,16H,2-8,13H2,1H3;1H2.